The Hall–Kier alpha value is -0.810. The van der Waals surface area contributed by atoms with Crippen LogP contribution in [-0.2, 0) is 6.42 Å². The van der Waals surface area contributed by atoms with Gasteiger partial charge in [0.1, 0.15) is 5.69 Å². The van der Waals surface area contributed by atoms with Crippen LogP contribution in [0.25, 0.3) is 11.3 Å². The van der Waals surface area contributed by atoms with Crippen molar-refractivity contribution < 1.29 is 4.52 Å². The third-order valence-corrected chi connectivity index (χ3v) is 3.80. The largest absolute Gasteiger partial charge is 0.367 e. The van der Waals surface area contributed by atoms with Crippen molar-refractivity contribution in [1.82, 2.24) is 5.16 Å². The van der Waals surface area contributed by atoms with E-state index in [9.17, 15) is 0 Å². The number of hydrogen-bond acceptors (Lipinski definition) is 3. The lowest BCUT2D eigenvalue weighted by Gasteiger charge is -2.07. The summed E-state index contributed by atoms with van der Waals surface area (Å²) >= 11 is 7.00. The Morgan fingerprint density at radius 2 is 2.06 bits per heavy atom. The molecule has 0 radical (unpaired) electrons. The van der Waals surface area contributed by atoms with Gasteiger partial charge in [-0.3, -0.25) is 0 Å². The fraction of sp³-hybridized carbons (Fsp3) is 0.308. The van der Waals surface area contributed by atoms with Crippen molar-refractivity contribution in [2.75, 3.05) is 5.73 Å². The Labute approximate surface area is 123 Å². The van der Waals surface area contributed by atoms with Gasteiger partial charge in [0.2, 0.25) is 5.88 Å². The molecule has 1 heterocycles. The van der Waals surface area contributed by atoms with Crippen molar-refractivity contribution in [3.05, 3.63) is 32.7 Å². The molecule has 0 unspecified atom stereocenters. The molecule has 5 heteroatoms. The fourth-order valence-corrected chi connectivity index (χ4v) is 2.61. The van der Waals surface area contributed by atoms with Crippen LogP contribution in [0, 0.1) is 5.92 Å². The summed E-state index contributed by atoms with van der Waals surface area (Å²) in [5.74, 6) is 0.905. The second-order valence-electron chi connectivity index (χ2n) is 4.60. The van der Waals surface area contributed by atoms with Crippen molar-refractivity contribution in [2.45, 2.75) is 20.3 Å². The molecule has 0 amide bonds. The first-order chi connectivity index (χ1) is 8.49. The van der Waals surface area contributed by atoms with Crippen LogP contribution in [0.4, 0.5) is 5.88 Å². The van der Waals surface area contributed by atoms with Crippen LogP contribution >= 0.6 is 31.9 Å². The normalized spacial score (nSPS) is 11.2. The number of rotatable bonds is 3. The first-order valence-electron chi connectivity index (χ1n) is 5.68. The average molecular weight is 374 g/mol. The van der Waals surface area contributed by atoms with Gasteiger partial charge in [-0.2, -0.15) is 0 Å². The molecule has 18 heavy (non-hydrogen) atoms. The van der Waals surface area contributed by atoms with E-state index in [0.29, 0.717) is 11.8 Å². The van der Waals surface area contributed by atoms with E-state index in [1.165, 1.54) is 0 Å². The molecule has 0 aliphatic rings. The minimum Gasteiger partial charge on any atom is -0.367 e. The van der Waals surface area contributed by atoms with Crippen molar-refractivity contribution in [3.63, 3.8) is 0 Å². The lowest BCUT2D eigenvalue weighted by molar-refractivity contribution is 0.438. The van der Waals surface area contributed by atoms with Crippen LogP contribution in [-0.4, -0.2) is 5.16 Å². The third kappa shape index (κ3) is 2.78. The van der Waals surface area contributed by atoms with Gasteiger partial charge in [0.25, 0.3) is 0 Å². The summed E-state index contributed by atoms with van der Waals surface area (Å²) in [6.45, 7) is 4.29. The lowest BCUT2D eigenvalue weighted by Crippen LogP contribution is -1.98. The van der Waals surface area contributed by atoms with Crippen LogP contribution in [0.15, 0.2) is 31.7 Å². The van der Waals surface area contributed by atoms with Crippen molar-refractivity contribution in [1.29, 1.82) is 0 Å². The first kappa shape index (κ1) is 13.6. The number of nitrogens with two attached hydrogens (primary N) is 1. The highest BCUT2D eigenvalue weighted by Gasteiger charge is 2.18. The average Bonchev–Trinajstić information content (AvgIpc) is 2.64. The van der Waals surface area contributed by atoms with Gasteiger partial charge in [-0.15, -0.1) is 0 Å². The fourth-order valence-electron chi connectivity index (χ4n) is 1.82. The van der Waals surface area contributed by atoms with E-state index in [-0.39, 0.29) is 0 Å². The van der Waals surface area contributed by atoms with E-state index in [1.807, 2.05) is 18.2 Å². The van der Waals surface area contributed by atoms with Crippen LogP contribution in [0.5, 0.6) is 0 Å². The van der Waals surface area contributed by atoms with E-state index < -0.39 is 0 Å². The highest BCUT2D eigenvalue weighted by Crippen LogP contribution is 2.35. The molecule has 0 bridgehead atoms. The summed E-state index contributed by atoms with van der Waals surface area (Å²) < 4.78 is 7.11. The summed E-state index contributed by atoms with van der Waals surface area (Å²) in [5, 5.41) is 4.09. The van der Waals surface area contributed by atoms with Gasteiger partial charge >= 0.3 is 0 Å². The molecule has 2 N–H and O–H groups in total. The number of halogens is 2. The lowest BCUT2D eigenvalue weighted by atomic mass is 9.99. The Bertz CT molecular complexity index is 564. The van der Waals surface area contributed by atoms with Crippen molar-refractivity contribution in [2.24, 2.45) is 5.92 Å². The maximum Gasteiger partial charge on any atom is 0.225 e. The van der Waals surface area contributed by atoms with E-state index in [4.69, 9.17) is 10.3 Å². The molecule has 0 spiro atoms. The number of aromatic nitrogens is 1. The molecule has 96 valence electrons. The Balaban J connectivity index is 2.53. The van der Waals surface area contributed by atoms with Crippen LogP contribution < -0.4 is 5.73 Å². The summed E-state index contributed by atoms with van der Waals surface area (Å²) in [5.41, 5.74) is 8.64. The van der Waals surface area contributed by atoms with Crippen molar-refractivity contribution >= 4 is 37.7 Å². The van der Waals surface area contributed by atoms with Crippen LogP contribution in [0.1, 0.15) is 19.4 Å². The Morgan fingerprint density at radius 1 is 1.33 bits per heavy atom. The number of hydrogen-bond donors (Lipinski definition) is 1. The molecular formula is C13H14Br2N2O. The summed E-state index contributed by atoms with van der Waals surface area (Å²) in [4.78, 5) is 0. The maximum atomic E-state index is 5.86. The van der Waals surface area contributed by atoms with E-state index in [0.717, 1.165) is 32.2 Å². The molecule has 2 rings (SSSR count). The van der Waals surface area contributed by atoms with Crippen LogP contribution in [0.3, 0.4) is 0 Å². The van der Waals surface area contributed by atoms with Gasteiger partial charge in [0.15, 0.2) is 0 Å². The van der Waals surface area contributed by atoms with Gasteiger partial charge < -0.3 is 10.3 Å². The van der Waals surface area contributed by atoms with Gasteiger partial charge in [-0.25, -0.2) is 0 Å². The van der Waals surface area contributed by atoms with Gasteiger partial charge in [0, 0.05) is 20.1 Å². The molecule has 0 saturated heterocycles. The number of benzene rings is 1. The second kappa shape index (κ2) is 5.45. The Morgan fingerprint density at radius 3 is 2.72 bits per heavy atom. The molecule has 0 saturated carbocycles. The topological polar surface area (TPSA) is 52.0 Å². The summed E-state index contributed by atoms with van der Waals surface area (Å²) in [6, 6.07) is 5.95. The second-order valence-corrected chi connectivity index (χ2v) is 6.37. The van der Waals surface area contributed by atoms with Crippen molar-refractivity contribution in [3.8, 4) is 11.3 Å². The summed E-state index contributed by atoms with van der Waals surface area (Å²) in [7, 11) is 0. The van der Waals surface area contributed by atoms with Crippen LogP contribution in [0.2, 0.25) is 0 Å². The molecule has 3 nitrogen and oxygen atoms in total. The SMILES string of the molecule is CC(C)Cc1c(-c2cc(Br)ccc2Br)noc1N. The van der Waals surface area contributed by atoms with E-state index in [1.54, 1.807) is 0 Å². The minimum atomic E-state index is 0.408. The highest BCUT2D eigenvalue weighted by molar-refractivity contribution is 9.11. The number of nitrogens with zero attached hydrogens (tertiary/aromatic N) is 1. The zero-order valence-electron chi connectivity index (χ0n) is 10.2. The predicted octanol–water partition coefficient (Wildman–Crippen LogP) is 4.65. The molecule has 0 aliphatic heterocycles. The predicted molar refractivity (Wildman–Crippen MR) is 80.3 cm³/mol. The van der Waals surface area contributed by atoms with E-state index >= 15 is 0 Å². The molecule has 2 aromatic rings. The highest BCUT2D eigenvalue weighted by atomic mass is 79.9. The number of anilines is 1. The minimum absolute atomic E-state index is 0.408. The monoisotopic (exact) mass is 372 g/mol. The Kier molecular flexibility index (Phi) is 4.12. The molecule has 1 aromatic carbocycles. The third-order valence-electron chi connectivity index (χ3n) is 2.61. The maximum absolute atomic E-state index is 5.86. The van der Waals surface area contributed by atoms with E-state index in [2.05, 4.69) is 50.9 Å². The molecular weight excluding hydrogens is 360 g/mol. The smallest absolute Gasteiger partial charge is 0.225 e. The van der Waals surface area contributed by atoms with Gasteiger partial charge in [-0.1, -0.05) is 50.9 Å². The quantitative estimate of drug-likeness (QED) is 0.851. The van der Waals surface area contributed by atoms with Gasteiger partial charge in [0.05, 0.1) is 0 Å². The molecule has 1 aromatic heterocycles. The molecule has 0 aliphatic carbocycles. The first-order valence-corrected chi connectivity index (χ1v) is 7.27. The zero-order valence-corrected chi connectivity index (χ0v) is 13.4. The summed E-state index contributed by atoms with van der Waals surface area (Å²) in [6.07, 6.45) is 0.851. The molecule has 0 fully saturated rings. The zero-order chi connectivity index (χ0) is 13.3. The number of nitrogen functional groups attached to an aromatic ring is 1. The molecule has 0 atom stereocenters. The standard InChI is InChI=1S/C13H14Br2N2O/c1-7(2)5-10-12(17-18-13(10)16)9-6-8(14)3-4-11(9)15/h3-4,6-7H,5,16H2,1-2H3. The van der Waals surface area contributed by atoms with Gasteiger partial charge in [-0.05, 0) is 30.5 Å².